The number of amides is 3. The zero-order valence-corrected chi connectivity index (χ0v) is 21.5. The maximum Gasteiger partial charge on any atom is 0.318 e. The lowest BCUT2D eigenvalue weighted by Gasteiger charge is -2.31. The van der Waals surface area contributed by atoms with Gasteiger partial charge in [0.05, 0.1) is 12.8 Å². The first kappa shape index (κ1) is 26.2. The normalized spacial score (nSPS) is 14.9. The molecule has 0 aliphatic carbocycles. The van der Waals surface area contributed by atoms with Crippen LogP contribution in [0.5, 0.6) is 5.75 Å². The second-order valence-electron chi connectivity index (χ2n) is 9.22. The first-order chi connectivity index (χ1) is 16.8. The van der Waals surface area contributed by atoms with Crippen molar-refractivity contribution >= 4 is 17.8 Å². The number of anilines is 1. The highest BCUT2D eigenvalue weighted by Crippen LogP contribution is 2.22. The topological polar surface area (TPSA) is 90.9 Å². The van der Waals surface area contributed by atoms with Crippen LogP contribution in [0.1, 0.15) is 40.5 Å². The minimum absolute atomic E-state index is 0.0133. The fourth-order valence-corrected chi connectivity index (χ4v) is 4.03. The molecule has 0 bridgehead atoms. The van der Waals surface area contributed by atoms with E-state index < -0.39 is 0 Å². The van der Waals surface area contributed by atoms with E-state index in [4.69, 9.17) is 4.74 Å². The summed E-state index contributed by atoms with van der Waals surface area (Å²) in [5.74, 6) is 1.58. The summed E-state index contributed by atoms with van der Waals surface area (Å²) in [6.07, 6.45) is 1.62. The monoisotopic (exact) mass is 482 g/mol. The number of aromatic nitrogens is 2. The summed E-state index contributed by atoms with van der Waals surface area (Å²) in [6, 6.07) is 11.5. The Balaban J connectivity index is 1.60. The molecule has 2 aromatic rings. The number of methoxy groups -OCH3 is 1. The highest BCUT2D eigenvalue weighted by Gasteiger charge is 2.26. The fourth-order valence-electron chi connectivity index (χ4n) is 4.03. The zero-order valence-electron chi connectivity index (χ0n) is 21.5. The minimum Gasteiger partial charge on any atom is -0.497 e. The summed E-state index contributed by atoms with van der Waals surface area (Å²) in [6.45, 7) is 10.6. The summed E-state index contributed by atoms with van der Waals surface area (Å²) in [5.41, 5.74) is 1.78. The third kappa shape index (κ3) is 7.07. The molecule has 1 aromatic carbocycles. The van der Waals surface area contributed by atoms with E-state index in [-0.39, 0.29) is 30.6 Å². The van der Waals surface area contributed by atoms with Gasteiger partial charge >= 0.3 is 6.03 Å². The molecule has 1 fully saturated rings. The van der Waals surface area contributed by atoms with E-state index in [0.717, 1.165) is 42.2 Å². The van der Waals surface area contributed by atoms with Gasteiger partial charge in [-0.15, -0.1) is 10.2 Å². The van der Waals surface area contributed by atoms with Crippen LogP contribution in [-0.4, -0.2) is 83.9 Å². The molecule has 9 heteroatoms. The van der Waals surface area contributed by atoms with Crippen molar-refractivity contribution < 1.29 is 14.3 Å². The van der Waals surface area contributed by atoms with E-state index in [1.165, 1.54) is 0 Å². The Labute approximate surface area is 208 Å². The van der Waals surface area contributed by atoms with Gasteiger partial charge in [0.1, 0.15) is 12.3 Å². The SMILES string of the molecule is CCC(C)N(CC(=O)N1CCCN(c2ccc(-c3ccc(OC)cc3)nn2)CC1)C(=O)NC(C)C. The van der Waals surface area contributed by atoms with Gasteiger partial charge in [-0.3, -0.25) is 4.79 Å². The van der Waals surface area contributed by atoms with Crippen molar-refractivity contribution in [1.82, 2.24) is 25.3 Å². The highest BCUT2D eigenvalue weighted by molar-refractivity contribution is 5.84. The van der Waals surface area contributed by atoms with Crippen molar-refractivity contribution in [3.63, 3.8) is 0 Å². The number of urea groups is 1. The molecule has 3 rings (SSSR count). The third-order valence-electron chi connectivity index (χ3n) is 6.31. The van der Waals surface area contributed by atoms with Crippen LogP contribution in [0.25, 0.3) is 11.3 Å². The molecule has 1 aliphatic heterocycles. The summed E-state index contributed by atoms with van der Waals surface area (Å²) in [5, 5.41) is 11.8. The molecular weight excluding hydrogens is 444 g/mol. The second kappa shape index (κ2) is 12.4. The average Bonchev–Trinajstić information content (AvgIpc) is 3.13. The Morgan fingerprint density at radius 1 is 1.03 bits per heavy atom. The van der Waals surface area contributed by atoms with Crippen LogP contribution < -0.4 is 15.0 Å². The number of hydrogen-bond donors (Lipinski definition) is 1. The lowest BCUT2D eigenvalue weighted by Crippen LogP contribution is -2.51. The molecule has 0 spiro atoms. The zero-order chi connectivity index (χ0) is 25.4. The Bertz CT molecular complexity index is 964. The van der Waals surface area contributed by atoms with Crippen LogP contribution in [0.2, 0.25) is 0 Å². The van der Waals surface area contributed by atoms with Crippen LogP contribution in [0.15, 0.2) is 36.4 Å². The van der Waals surface area contributed by atoms with E-state index >= 15 is 0 Å². The first-order valence-corrected chi connectivity index (χ1v) is 12.4. The number of ether oxygens (including phenoxy) is 1. The molecular formula is C26H38N6O3. The summed E-state index contributed by atoms with van der Waals surface area (Å²) < 4.78 is 5.21. The largest absolute Gasteiger partial charge is 0.497 e. The lowest BCUT2D eigenvalue weighted by molar-refractivity contribution is -0.132. The van der Waals surface area contributed by atoms with Gasteiger partial charge in [0.2, 0.25) is 5.91 Å². The molecule has 1 atom stereocenters. The van der Waals surface area contributed by atoms with Gasteiger partial charge in [0.15, 0.2) is 5.82 Å². The maximum absolute atomic E-state index is 13.1. The van der Waals surface area contributed by atoms with Crippen LogP contribution in [-0.2, 0) is 4.79 Å². The van der Waals surface area contributed by atoms with E-state index in [0.29, 0.717) is 19.6 Å². The molecule has 1 unspecified atom stereocenters. The maximum atomic E-state index is 13.1. The van der Waals surface area contributed by atoms with Gasteiger partial charge < -0.3 is 24.8 Å². The van der Waals surface area contributed by atoms with Gasteiger partial charge in [0, 0.05) is 43.8 Å². The molecule has 2 heterocycles. The van der Waals surface area contributed by atoms with Crippen LogP contribution in [0.3, 0.4) is 0 Å². The Hall–Kier alpha value is -3.36. The van der Waals surface area contributed by atoms with Gasteiger partial charge in [-0.1, -0.05) is 6.92 Å². The quantitative estimate of drug-likeness (QED) is 0.620. The molecule has 1 aromatic heterocycles. The molecule has 1 saturated heterocycles. The van der Waals surface area contributed by atoms with E-state index in [1.807, 2.05) is 69.0 Å². The predicted molar refractivity (Wildman–Crippen MR) is 138 cm³/mol. The highest BCUT2D eigenvalue weighted by atomic mass is 16.5. The van der Waals surface area contributed by atoms with Crippen LogP contribution >= 0.6 is 0 Å². The number of carbonyl (C=O) groups is 2. The first-order valence-electron chi connectivity index (χ1n) is 12.4. The van der Waals surface area contributed by atoms with Crippen molar-refractivity contribution in [2.75, 3.05) is 44.7 Å². The molecule has 9 nitrogen and oxygen atoms in total. The number of hydrogen-bond acceptors (Lipinski definition) is 6. The van der Waals surface area contributed by atoms with E-state index in [1.54, 1.807) is 12.0 Å². The summed E-state index contributed by atoms with van der Waals surface area (Å²) in [4.78, 5) is 31.4. The van der Waals surface area contributed by atoms with Crippen molar-refractivity contribution in [3.8, 4) is 17.0 Å². The molecule has 0 radical (unpaired) electrons. The summed E-state index contributed by atoms with van der Waals surface area (Å²) in [7, 11) is 1.64. The average molecular weight is 483 g/mol. The molecule has 1 aliphatic rings. The Morgan fingerprint density at radius 2 is 1.77 bits per heavy atom. The molecule has 190 valence electrons. The van der Waals surface area contributed by atoms with Gasteiger partial charge in [-0.2, -0.15) is 0 Å². The Morgan fingerprint density at radius 3 is 2.37 bits per heavy atom. The fraction of sp³-hybridized carbons (Fsp3) is 0.538. The molecule has 0 saturated carbocycles. The van der Waals surface area contributed by atoms with Crippen molar-refractivity contribution in [3.05, 3.63) is 36.4 Å². The van der Waals surface area contributed by atoms with Crippen LogP contribution in [0, 0.1) is 0 Å². The minimum atomic E-state index is -0.189. The number of nitrogens with zero attached hydrogens (tertiary/aromatic N) is 5. The Kier molecular flexibility index (Phi) is 9.28. The lowest BCUT2D eigenvalue weighted by atomic mass is 10.1. The van der Waals surface area contributed by atoms with Gasteiger partial charge in [-0.05, 0) is 70.0 Å². The predicted octanol–water partition coefficient (Wildman–Crippen LogP) is 3.41. The molecule has 35 heavy (non-hydrogen) atoms. The number of benzene rings is 1. The number of rotatable bonds is 8. The van der Waals surface area contributed by atoms with E-state index in [9.17, 15) is 9.59 Å². The van der Waals surface area contributed by atoms with Gasteiger partial charge in [0.25, 0.3) is 0 Å². The van der Waals surface area contributed by atoms with E-state index in [2.05, 4.69) is 20.4 Å². The molecule has 1 N–H and O–H groups in total. The number of nitrogens with one attached hydrogen (secondary N) is 1. The standard InChI is InChI=1S/C26H38N6O3/c1-6-20(4)32(26(34)27-19(2)3)18-25(33)31-15-7-14-30(16-17-31)24-13-12-23(28-29-24)21-8-10-22(35-5)11-9-21/h8-13,19-20H,6-7,14-18H2,1-5H3,(H,27,34). The van der Waals surface area contributed by atoms with Crippen molar-refractivity contribution in [2.45, 2.75) is 52.6 Å². The van der Waals surface area contributed by atoms with Crippen molar-refractivity contribution in [2.24, 2.45) is 0 Å². The van der Waals surface area contributed by atoms with Crippen molar-refractivity contribution in [1.29, 1.82) is 0 Å². The smallest absolute Gasteiger partial charge is 0.318 e. The van der Waals surface area contributed by atoms with Gasteiger partial charge in [-0.25, -0.2) is 4.79 Å². The summed E-state index contributed by atoms with van der Waals surface area (Å²) >= 11 is 0. The second-order valence-corrected chi connectivity index (χ2v) is 9.22. The number of carbonyl (C=O) groups excluding carboxylic acids is 2. The third-order valence-corrected chi connectivity index (χ3v) is 6.31. The molecule has 3 amide bonds. The van der Waals surface area contributed by atoms with Crippen LogP contribution in [0.4, 0.5) is 10.6 Å².